The normalized spacial score (nSPS) is 19.8. The number of unbranched alkanes of at least 4 members (excludes halogenated alkanes) is 11. The molecule has 128 valence electrons. The molecular weight excluding hydrogens is 276 g/mol. The fraction of sp³-hybridized carbons (Fsp3) is 0.842. The summed E-state index contributed by atoms with van der Waals surface area (Å²) in [4.78, 5) is 11.5. The maximum Gasteiger partial charge on any atom is 0.334 e. The van der Waals surface area contributed by atoms with Crippen LogP contribution in [0.4, 0.5) is 0 Å². The highest BCUT2D eigenvalue weighted by Crippen LogP contribution is 2.21. The Kier molecular flexibility index (Phi) is 11.1. The first-order valence-corrected chi connectivity index (χ1v) is 9.28. The zero-order chi connectivity index (χ0) is 16.0. The zero-order valence-corrected chi connectivity index (χ0v) is 14.3. The monoisotopic (exact) mass is 310 g/mol. The number of esters is 1. The summed E-state index contributed by atoms with van der Waals surface area (Å²) in [6.45, 7) is 2.19. The van der Waals surface area contributed by atoms with Gasteiger partial charge in [0.05, 0.1) is 6.61 Å². The van der Waals surface area contributed by atoms with Gasteiger partial charge in [-0.25, -0.2) is 4.79 Å². The van der Waals surface area contributed by atoms with Crippen molar-refractivity contribution < 1.29 is 14.6 Å². The molecule has 0 spiro atoms. The first-order valence-electron chi connectivity index (χ1n) is 9.28. The molecule has 1 fully saturated rings. The molecule has 1 aliphatic rings. The number of hydrogen-bond acceptors (Lipinski definition) is 3. The van der Waals surface area contributed by atoms with Crippen LogP contribution in [0.5, 0.6) is 0 Å². The van der Waals surface area contributed by atoms with Gasteiger partial charge in [0.25, 0.3) is 0 Å². The van der Waals surface area contributed by atoms with Crippen LogP contribution in [0.3, 0.4) is 0 Å². The number of cyclic esters (lactones) is 1. The second-order valence-electron chi connectivity index (χ2n) is 6.47. The third-order valence-electron chi connectivity index (χ3n) is 4.39. The van der Waals surface area contributed by atoms with Gasteiger partial charge in [-0.2, -0.15) is 0 Å². The Labute approximate surface area is 136 Å². The molecule has 0 radical (unpaired) electrons. The summed E-state index contributed by atoms with van der Waals surface area (Å²) >= 11 is 0. The van der Waals surface area contributed by atoms with E-state index >= 15 is 0 Å². The smallest absolute Gasteiger partial charge is 0.334 e. The molecule has 1 N–H and O–H groups in total. The number of aliphatic hydroxyl groups is 1. The van der Waals surface area contributed by atoms with E-state index < -0.39 is 0 Å². The second-order valence-corrected chi connectivity index (χ2v) is 6.47. The molecule has 1 heterocycles. The molecule has 0 aromatic rings. The van der Waals surface area contributed by atoms with Gasteiger partial charge in [0.15, 0.2) is 0 Å². The summed E-state index contributed by atoms with van der Waals surface area (Å²) in [5.41, 5.74) is 0.756. The first-order chi connectivity index (χ1) is 10.8. The van der Waals surface area contributed by atoms with E-state index in [0.29, 0.717) is 6.42 Å². The summed E-state index contributed by atoms with van der Waals surface area (Å²) < 4.78 is 5.02. The lowest BCUT2D eigenvalue weighted by Crippen LogP contribution is -2.10. The van der Waals surface area contributed by atoms with E-state index in [-0.39, 0.29) is 18.7 Å². The number of carbonyl (C=O) groups is 1. The standard InChI is InChI=1S/C19H34O3/c1-2-3-4-5-6-7-8-9-10-11-12-13-14-17-15-18(16-20)22-19(17)21/h14,18,20H,2-13,15-16H2,1H3/b17-14+. The van der Waals surface area contributed by atoms with Crippen molar-refractivity contribution in [2.45, 2.75) is 96.5 Å². The Bertz CT molecular complexity index is 323. The van der Waals surface area contributed by atoms with Gasteiger partial charge >= 0.3 is 5.97 Å². The largest absolute Gasteiger partial charge is 0.456 e. The van der Waals surface area contributed by atoms with Crippen LogP contribution < -0.4 is 0 Å². The van der Waals surface area contributed by atoms with Gasteiger partial charge in [-0.3, -0.25) is 0 Å². The molecule has 1 saturated heterocycles. The van der Waals surface area contributed by atoms with Crippen LogP contribution >= 0.6 is 0 Å². The van der Waals surface area contributed by atoms with E-state index in [4.69, 9.17) is 9.84 Å². The Hall–Kier alpha value is -0.830. The van der Waals surface area contributed by atoms with Gasteiger partial charge in [-0.15, -0.1) is 0 Å². The van der Waals surface area contributed by atoms with Crippen molar-refractivity contribution in [2.75, 3.05) is 6.61 Å². The summed E-state index contributed by atoms with van der Waals surface area (Å²) in [5, 5.41) is 8.97. The van der Waals surface area contributed by atoms with Crippen molar-refractivity contribution >= 4 is 5.97 Å². The number of ether oxygens (including phenoxy) is 1. The Morgan fingerprint density at radius 2 is 1.55 bits per heavy atom. The zero-order valence-electron chi connectivity index (χ0n) is 14.3. The summed E-state index contributed by atoms with van der Waals surface area (Å²) in [5.74, 6) is -0.234. The van der Waals surface area contributed by atoms with Crippen LogP contribution in [0.1, 0.15) is 90.4 Å². The van der Waals surface area contributed by atoms with Gasteiger partial charge < -0.3 is 9.84 Å². The lowest BCUT2D eigenvalue weighted by Gasteiger charge is -2.02. The van der Waals surface area contributed by atoms with E-state index in [0.717, 1.165) is 18.4 Å². The summed E-state index contributed by atoms with van der Waals surface area (Å²) in [6.07, 6.45) is 18.0. The van der Waals surface area contributed by atoms with Crippen molar-refractivity contribution in [3.63, 3.8) is 0 Å². The van der Waals surface area contributed by atoms with Crippen LogP contribution in [0.25, 0.3) is 0 Å². The molecular formula is C19H34O3. The minimum absolute atomic E-state index is 0.0679. The highest BCUT2D eigenvalue weighted by Gasteiger charge is 2.27. The predicted molar refractivity (Wildman–Crippen MR) is 90.7 cm³/mol. The number of rotatable bonds is 13. The molecule has 0 aromatic heterocycles. The van der Waals surface area contributed by atoms with Crippen molar-refractivity contribution in [3.8, 4) is 0 Å². The van der Waals surface area contributed by atoms with E-state index in [9.17, 15) is 4.79 Å². The number of hydrogen-bond donors (Lipinski definition) is 1. The van der Waals surface area contributed by atoms with Crippen LogP contribution in [-0.2, 0) is 9.53 Å². The van der Waals surface area contributed by atoms with Crippen molar-refractivity contribution in [2.24, 2.45) is 0 Å². The molecule has 0 amide bonds. The minimum atomic E-state index is -0.309. The predicted octanol–water partition coefficient (Wildman–Crippen LogP) is 4.92. The number of allylic oxidation sites excluding steroid dienone is 1. The molecule has 1 aliphatic heterocycles. The number of aliphatic hydroxyl groups excluding tert-OH is 1. The van der Waals surface area contributed by atoms with E-state index in [1.54, 1.807) is 0 Å². The quantitative estimate of drug-likeness (QED) is 0.298. The number of carbonyl (C=O) groups excluding carboxylic acids is 1. The van der Waals surface area contributed by atoms with Crippen molar-refractivity contribution in [1.82, 2.24) is 0 Å². The highest BCUT2D eigenvalue weighted by molar-refractivity contribution is 5.90. The Morgan fingerprint density at radius 3 is 2.05 bits per heavy atom. The molecule has 0 saturated carbocycles. The minimum Gasteiger partial charge on any atom is -0.456 e. The Morgan fingerprint density at radius 1 is 1.00 bits per heavy atom. The SMILES string of the molecule is CCCCCCCCCCCCC/C=C1\CC(CO)OC1=O. The average Bonchev–Trinajstić information content (AvgIpc) is 2.89. The fourth-order valence-corrected chi connectivity index (χ4v) is 2.95. The highest BCUT2D eigenvalue weighted by atomic mass is 16.6. The van der Waals surface area contributed by atoms with Crippen LogP contribution in [0, 0.1) is 0 Å². The van der Waals surface area contributed by atoms with Crippen LogP contribution in [0.15, 0.2) is 11.6 Å². The third kappa shape index (κ3) is 8.57. The molecule has 0 aliphatic carbocycles. The maximum absolute atomic E-state index is 11.5. The Balaban J connectivity index is 1.89. The van der Waals surface area contributed by atoms with Crippen molar-refractivity contribution in [3.05, 3.63) is 11.6 Å². The first kappa shape index (κ1) is 19.2. The van der Waals surface area contributed by atoms with Gasteiger partial charge in [-0.1, -0.05) is 77.2 Å². The molecule has 0 aromatic carbocycles. The van der Waals surface area contributed by atoms with Gasteiger partial charge in [0.1, 0.15) is 6.10 Å². The molecule has 3 heteroatoms. The van der Waals surface area contributed by atoms with Gasteiger partial charge in [-0.05, 0) is 12.8 Å². The van der Waals surface area contributed by atoms with Crippen LogP contribution in [0.2, 0.25) is 0 Å². The van der Waals surface area contributed by atoms with Gasteiger partial charge in [0, 0.05) is 12.0 Å². The topological polar surface area (TPSA) is 46.5 Å². The van der Waals surface area contributed by atoms with E-state index in [1.165, 1.54) is 64.2 Å². The molecule has 0 bridgehead atoms. The van der Waals surface area contributed by atoms with Crippen LogP contribution in [-0.4, -0.2) is 23.8 Å². The third-order valence-corrected chi connectivity index (χ3v) is 4.39. The molecule has 22 heavy (non-hydrogen) atoms. The maximum atomic E-state index is 11.5. The molecule has 1 atom stereocenters. The van der Waals surface area contributed by atoms with E-state index in [1.807, 2.05) is 6.08 Å². The van der Waals surface area contributed by atoms with Gasteiger partial charge in [0.2, 0.25) is 0 Å². The second kappa shape index (κ2) is 12.7. The van der Waals surface area contributed by atoms with E-state index in [2.05, 4.69) is 6.92 Å². The molecule has 3 nitrogen and oxygen atoms in total. The molecule has 1 unspecified atom stereocenters. The van der Waals surface area contributed by atoms with Crippen molar-refractivity contribution in [1.29, 1.82) is 0 Å². The molecule has 1 rings (SSSR count). The fourth-order valence-electron chi connectivity index (χ4n) is 2.95. The lowest BCUT2D eigenvalue weighted by molar-refractivity contribution is -0.140. The lowest BCUT2D eigenvalue weighted by atomic mass is 10.0. The summed E-state index contributed by atoms with van der Waals surface area (Å²) in [7, 11) is 0. The summed E-state index contributed by atoms with van der Waals surface area (Å²) in [6, 6.07) is 0. The average molecular weight is 310 g/mol.